The van der Waals surface area contributed by atoms with Gasteiger partial charge in [0.25, 0.3) is 0 Å². The van der Waals surface area contributed by atoms with E-state index in [0.717, 1.165) is 29.7 Å². The molecular formula is C15H17ClN2. The van der Waals surface area contributed by atoms with E-state index in [1.807, 2.05) is 13.8 Å². The first-order valence-electron chi connectivity index (χ1n) is 6.22. The second-order valence-corrected chi connectivity index (χ2v) is 4.84. The molecule has 0 aliphatic carbocycles. The van der Waals surface area contributed by atoms with Crippen molar-refractivity contribution >= 4 is 11.6 Å². The van der Waals surface area contributed by atoms with Crippen molar-refractivity contribution in [2.45, 2.75) is 33.6 Å². The van der Waals surface area contributed by atoms with Crippen LogP contribution < -0.4 is 0 Å². The Hall–Kier alpha value is -1.41. The molecular weight excluding hydrogens is 244 g/mol. The van der Waals surface area contributed by atoms with Crippen molar-refractivity contribution in [2.24, 2.45) is 0 Å². The first kappa shape index (κ1) is 13.0. The van der Waals surface area contributed by atoms with Crippen LogP contribution in [0.2, 0.25) is 5.15 Å². The maximum atomic E-state index is 6.12. The molecule has 0 fully saturated rings. The lowest BCUT2D eigenvalue weighted by Crippen LogP contribution is -1.97. The highest BCUT2D eigenvalue weighted by atomic mass is 35.5. The summed E-state index contributed by atoms with van der Waals surface area (Å²) in [5.41, 5.74) is 4.33. The number of halogens is 1. The highest BCUT2D eigenvalue weighted by Gasteiger charge is 2.09. The van der Waals surface area contributed by atoms with Gasteiger partial charge in [-0.2, -0.15) is 0 Å². The molecule has 0 saturated carbocycles. The molecule has 1 aromatic carbocycles. The maximum Gasteiger partial charge on any atom is 0.136 e. The van der Waals surface area contributed by atoms with Crippen LogP contribution >= 0.6 is 11.6 Å². The standard InChI is InChI=1S/C15H17ClN2/c1-4-6-12-7-5-8-13(9-12)14-10(2)15(16)18-11(3)17-14/h5,7-9H,4,6H2,1-3H3. The lowest BCUT2D eigenvalue weighted by Gasteiger charge is -2.09. The molecule has 0 bridgehead atoms. The predicted molar refractivity (Wildman–Crippen MR) is 75.9 cm³/mol. The summed E-state index contributed by atoms with van der Waals surface area (Å²) in [5.74, 6) is 0.710. The minimum atomic E-state index is 0.540. The Morgan fingerprint density at radius 1 is 1.17 bits per heavy atom. The summed E-state index contributed by atoms with van der Waals surface area (Å²) in [5, 5.41) is 0.540. The molecule has 0 radical (unpaired) electrons. The van der Waals surface area contributed by atoms with Gasteiger partial charge in [0.1, 0.15) is 11.0 Å². The highest BCUT2D eigenvalue weighted by Crippen LogP contribution is 2.26. The summed E-state index contributed by atoms with van der Waals surface area (Å²) >= 11 is 6.12. The zero-order valence-electron chi connectivity index (χ0n) is 11.0. The second-order valence-electron chi connectivity index (χ2n) is 4.49. The van der Waals surface area contributed by atoms with E-state index in [0.29, 0.717) is 11.0 Å². The fraction of sp³-hybridized carbons (Fsp3) is 0.333. The third kappa shape index (κ3) is 2.70. The summed E-state index contributed by atoms with van der Waals surface area (Å²) in [6.07, 6.45) is 2.23. The van der Waals surface area contributed by atoms with Gasteiger partial charge in [-0.05, 0) is 31.9 Å². The van der Waals surface area contributed by atoms with E-state index in [9.17, 15) is 0 Å². The Kier molecular flexibility index (Phi) is 3.97. The SMILES string of the molecule is CCCc1cccc(-c2nc(C)nc(Cl)c2C)c1. The molecule has 0 N–H and O–H groups in total. The first-order valence-corrected chi connectivity index (χ1v) is 6.59. The fourth-order valence-electron chi connectivity index (χ4n) is 2.04. The van der Waals surface area contributed by atoms with Crippen LogP contribution in [0.5, 0.6) is 0 Å². The van der Waals surface area contributed by atoms with E-state index in [2.05, 4.69) is 41.2 Å². The molecule has 0 aliphatic heterocycles. The molecule has 0 atom stereocenters. The van der Waals surface area contributed by atoms with E-state index in [-0.39, 0.29) is 0 Å². The van der Waals surface area contributed by atoms with Crippen molar-refractivity contribution < 1.29 is 0 Å². The van der Waals surface area contributed by atoms with Crippen LogP contribution in [0, 0.1) is 13.8 Å². The Labute approximate surface area is 113 Å². The van der Waals surface area contributed by atoms with Crippen LogP contribution in [-0.2, 0) is 6.42 Å². The largest absolute Gasteiger partial charge is 0.233 e. The zero-order chi connectivity index (χ0) is 13.1. The monoisotopic (exact) mass is 260 g/mol. The number of hydrogen-bond acceptors (Lipinski definition) is 2. The molecule has 2 aromatic rings. The van der Waals surface area contributed by atoms with Gasteiger partial charge in [-0.15, -0.1) is 0 Å². The average molecular weight is 261 g/mol. The Bertz CT molecular complexity index is 564. The van der Waals surface area contributed by atoms with Gasteiger partial charge < -0.3 is 0 Å². The van der Waals surface area contributed by atoms with Gasteiger partial charge in [0.2, 0.25) is 0 Å². The van der Waals surface area contributed by atoms with Crippen molar-refractivity contribution in [3.8, 4) is 11.3 Å². The van der Waals surface area contributed by atoms with E-state index in [4.69, 9.17) is 11.6 Å². The molecule has 0 aliphatic rings. The maximum absolute atomic E-state index is 6.12. The van der Waals surface area contributed by atoms with Crippen molar-refractivity contribution in [3.63, 3.8) is 0 Å². The molecule has 2 nitrogen and oxygen atoms in total. The number of aryl methyl sites for hydroxylation is 2. The third-order valence-electron chi connectivity index (χ3n) is 2.94. The van der Waals surface area contributed by atoms with Crippen molar-refractivity contribution in [1.29, 1.82) is 0 Å². The molecule has 0 amide bonds. The van der Waals surface area contributed by atoms with Gasteiger partial charge in [0, 0.05) is 11.1 Å². The van der Waals surface area contributed by atoms with Crippen LogP contribution in [0.4, 0.5) is 0 Å². The lowest BCUT2D eigenvalue weighted by atomic mass is 10.0. The summed E-state index contributed by atoms with van der Waals surface area (Å²) in [6, 6.07) is 8.49. The van der Waals surface area contributed by atoms with Gasteiger partial charge >= 0.3 is 0 Å². The summed E-state index contributed by atoms with van der Waals surface area (Å²) < 4.78 is 0. The molecule has 2 rings (SSSR count). The quantitative estimate of drug-likeness (QED) is 0.766. The smallest absolute Gasteiger partial charge is 0.136 e. The van der Waals surface area contributed by atoms with Crippen LogP contribution in [0.3, 0.4) is 0 Å². The molecule has 0 saturated heterocycles. The number of hydrogen-bond donors (Lipinski definition) is 0. The van der Waals surface area contributed by atoms with E-state index in [1.54, 1.807) is 0 Å². The van der Waals surface area contributed by atoms with E-state index in [1.165, 1.54) is 5.56 Å². The number of benzene rings is 1. The van der Waals surface area contributed by atoms with Crippen LogP contribution in [0.1, 0.15) is 30.3 Å². The Balaban J connectivity index is 2.51. The highest BCUT2D eigenvalue weighted by molar-refractivity contribution is 6.30. The van der Waals surface area contributed by atoms with E-state index < -0.39 is 0 Å². The summed E-state index contributed by atoms with van der Waals surface area (Å²) in [7, 11) is 0. The fourth-order valence-corrected chi connectivity index (χ4v) is 2.25. The molecule has 18 heavy (non-hydrogen) atoms. The third-order valence-corrected chi connectivity index (χ3v) is 3.31. The minimum absolute atomic E-state index is 0.540. The Morgan fingerprint density at radius 2 is 1.94 bits per heavy atom. The molecule has 1 heterocycles. The molecule has 94 valence electrons. The molecule has 3 heteroatoms. The minimum Gasteiger partial charge on any atom is -0.233 e. The van der Waals surface area contributed by atoms with Crippen molar-refractivity contribution in [3.05, 3.63) is 46.4 Å². The van der Waals surface area contributed by atoms with Gasteiger partial charge in [-0.3, -0.25) is 0 Å². The van der Waals surface area contributed by atoms with Crippen molar-refractivity contribution in [2.75, 3.05) is 0 Å². The number of aromatic nitrogens is 2. The lowest BCUT2D eigenvalue weighted by molar-refractivity contribution is 0.922. The Morgan fingerprint density at radius 3 is 2.67 bits per heavy atom. The van der Waals surface area contributed by atoms with E-state index >= 15 is 0 Å². The average Bonchev–Trinajstić information content (AvgIpc) is 2.34. The molecule has 0 unspecified atom stereocenters. The summed E-state index contributed by atoms with van der Waals surface area (Å²) in [4.78, 5) is 8.68. The van der Waals surface area contributed by atoms with Gasteiger partial charge in [-0.1, -0.05) is 43.1 Å². The first-order chi connectivity index (χ1) is 8.61. The predicted octanol–water partition coefficient (Wildman–Crippen LogP) is 4.37. The topological polar surface area (TPSA) is 25.8 Å². The van der Waals surface area contributed by atoms with Crippen molar-refractivity contribution in [1.82, 2.24) is 9.97 Å². The van der Waals surface area contributed by atoms with Gasteiger partial charge in [-0.25, -0.2) is 9.97 Å². The van der Waals surface area contributed by atoms with Gasteiger partial charge in [0.05, 0.1) is 5.69 Å². The van der Waals surface area contributed by atoms with Crippen LogP contribution in [0.25, 0.3) is 11.3 Å². The molecule has 1 aromatic heterocycles. The van der Waals surface area contributed by atoms with Crippen LogP contribution in [0.15, 0.2) is 24.3 Å². The van der Waals surface area contributed by atoms with Crippen LogP contribution in [-0.4, -0.2) is 9.97 Å². The summed E-state index contributed by atoms with van der Waals surface area (Å²) in [6.45, 7) is 6.01. The van der Waals surface area contributed by atoms with Gasteiger partial charge in [0.15, 0.2) is 0 Å². The number of nitrogens with zero attached hydrogens (tertiary/aromatic N) is 2. The molecule has 0 spiro atoms. The second kappa shape index (κ2) is 5.49. The normalized spacial score (nSPS) is 10.7. The zero-order valence-corrected chi connectivity index (χ0v) is 11.8. The number of rotatable bonds is 3.